The van der Waals surface area contributed by atoms with Crippen molar-refractivity contribution in [3.05, 3.63) is 48.4 Å². The Kier molecular flexibility index (Phi) is 3.72. The summed E-state index contributed by atoms with van der Waals surface area (Å²) in [4.78, 5) is 4.03. The zero-order chi connectivity index (χ0) is 16.8. The number of hydrogen-bond acceptors (Lipinski definition) is 5. The molecule has 0 radical (unpaired) electrons. The number of ether oxygens (including phenoxy) is 1. The monoisotopic (exact) mass is 348 g/mol. The van der Waals surface area contributed by atoms with Gasteiger partial charge in [-0.3, -0.25) is 5.32 Å². The number of nitrogens with zero attached hydrogens (tertiary/aromatic N) is 3. The maximum Gasteiger partial charge on any atom is 0.262 e. The Hall–Kier alpha value is -1.74. The second kappa shape index (κ2) is 5.66. The van der Waals surface area contributed by atoms with Gasteiger partial charge in [-0.15, -0.1) is 0 Å². The molecule has 128 valence electrons. The molecule has 7 nitrogen and oxygen atoms in total. The van der Waals surface area contributed by atoms with E-state index in [0.29, 0.717) is 26.4 Å². The van der Waals surface area contributed by atoms with Crippen LogP contribution >= 0.6 is 0 Å². The zero-order valence-corrected chi connectivity index (χ0v) is 14.2. The van der Waals surface area contributed by atoms with E-state index in [-0.39, 0.29) is 16.5 Å². The Morgan fingerprint density at radius 1 is 1.33 bits per heavy atom. The van der Waals surface area contributed by atoms with E-state index < -0.39 is 10.0 Å². The molecule has 0 amide bonds. The van der Waals surface area contributed by atoms with Gasteiger partial charge in [0, 0.05) is 32.3 Å². The molecule has 8 heteroatoms. The molecule has 0 aliphatic carbocycles. The van der Waals surface area contributed by atoms with Crippen molar-refractivity contribution in [2.75, 3.05) is 26.4 Å². The Morgan fingerprint density at radius 3 is 2.75 bits per heavy atom. The Balaban J connectivity index is 1.70. The molecule has 2 fully saturated rings. The van der Waals surface area contributed by atoms with Gasteiger partial charge in [0.15, 0.2) is 5.03 Å². The van der Waals surface area contributed by atoms with Crippen LogP contribution in [0.15, 0.2) is 47.9 Å². The maximum absolute atomic E-state index is 12.9. The van der Waals surface area contributed by atoms with E-state index in [1.165, 1.54) is 16.8 Å². The van der Waals surface area contributed by atoms with Gasteiger partial charge >= 0.3 is 0 Å². The van der Waals surface area contributed by atoms with Crippen LogP contribution in [0.25, 0.3) is 0 Å². The average Bonchev–Trinajstić information content (AvgIpc) is 3.30. The van der Waals surface area contributed by atoms with E-state index in [0.717, 1.165) is 5.56 Å². The first kappa shape index (κ1) is 15.8. The van der Waals surface area contributed by atoms with E-state index in [1.807, 2.05) is 30.3 Å². The molecular formula is C16H20N4O3S. The van der Waals surface area contributed by atoms with Crippen molar-refractivity contribution in [2.24, 2.45) is 7.05 Å². The third-order valence-corrected chi connectivity index (χ3v) is 6.58. The molecule has 1 spiro atoms. The lowest BCUT2D eigenvalue weighted by Gasteiger charge is -2.29. The number of aromatic nitrogens is 2. The number of imidazole rings is 1. The number of sulfonamides is 1. The van der Waals surface area contributed by atoms with Crippen molar-refractivity contribution < 1.29 is 13.2 Å². The standard InChI is InChI=1S/C16H20N4O3S/c1-19-8-15(17-11-19)24(21,22)20-7-14(13-5-3-2-4-6-13)16(9-20)10-23-12-18-16/h2-6,8,11,14,18H,7,9-10,12H2,1H3. The van der Waals surface area contributed by atoms with E-state index in [2.05, 4.69) is 10.3 Å². The van der Waals surface area contributed by atoms with Gasteiger partial charge in [-0.05, 0) is 5.56 Å². The highest BCUT2D eigenvalue weighted by atomic mass is 32.2. The fourth-order valence-corrected chi connectivity index (χ4v) is 5.11. The minimum absolute atomic E-state index is 0.0414. The molecule has 2 aliphatic rings. The molecule has 2 unspecified atom stereocenters. The molecule has 1 aromatic heterocycles. The molecule has 2 aliphatic heterocycles. The third kappa shape index (κ3) is 2.46. The molecule has 4 rings (SSSR count). The molecule has 0 bridgehead atoms. The van der Waals surface area contributed by atoms with Gasteiger partial charge in [-0.1, -0.05) is 30.3 Å². The first-order valence-corrected chi connectivity index (χ1v) is 9.31. The van der Waals surface area contributed by atoms with Crippen LogP contribution < -0.4 is 5.32 Å². The first-order chi connectivity index (χ1) is 11.5. The highest BCUT2D eigenvalue weighted by molar-refractivity contribution is 7.89. The summed E-state index contributed by atoms with van der Waals surface area (Å²) in [6.07, 6.45) is 3.04. The Morgan fingerprint density at radius 2 is 2.12 bits per heavy atom. The fraction of sp³-hybridized carbons (Fsp3) is 0.438. The molecule has 2 saturated heterocycles. The molecule has 2 atom stereocenters. The van der Waals surface area contributed by atoms with Crippen LogP contribution in [0.5, 0.6) is 0 Å². The van der Waals surface area contributed by atoms with Crippen molar-refractivity contribution in [3.63, 3.8) is 0 Å². The Bertz CT molecular complexity index is 828. The highest BCUT2D eigenvalue weighted by Crippen LogP contribution is 2.40. The summed E-state index contributed by atoms with van der Waals surface area (Å²) in [5.74, 6) is 0.0414. The van der Waals surface area contributed by atoms with Gasteiger partial charge in [0.05, 0.1) is 25.2 Å². The molecular weight excluding hydrogens is 328 g/mol. The summed E-state index contributed by atoms with van der Waals surface area (Å²) in [6, 6.07) is 10.0. The van der Waals surface area contributed by atoms with Crippen molar-refractivity contribution in [1.82, 2.24) is 19.2 Å². The first-order valence-electron chi connectivity index (χ1n) is 7.87. The van der Waals surface area contributed by atoms with E-state index in [1.54, 1.807) is 11.6 Å². The van der Waals surface area contributed by atoms with Gasteiger partial charge in [-0.2, -0.15) is 4.31 Å². The second-order valence-corrected chi connectivity index (χ2v) is 8.35. The minimum Gasteiger partial charge on any atom is -0.364 e. The van der Waals surface area contributed by atoms with E-state index in [9.17, 15) is 8.42 Å². The molecule has 3 heterocycles. The number of nitrogens with one attached hydrogen (secondary N) is 1. The quantitative estimate of drug-likeness (QED) is 0.875. The van der Waals surface area contributed by atoms with Crippen LogP contribution in [0, 0.1) is 0 Å². The van der Waals surface area contributed by atoms with E-state index in [4.69, 9.17) is 4.74 Å². The number of rotatable bonds is 3. The molecule has 2 aromatic rings. The average molecular weight is 348 g/mol. The Labute approximate surface area is 141 Å². The maximum atomic E-state index is 12.9. The van der Waals surface area contributed by atoms with Crippen molar-refractivity contribution >= 4 is 10.0 Å². The van der Waals surface area contributed by atoms with Gasteiger partial charge in [-0.25, -0.2) is 13.4 Å². The van der Waals surface area contributed by atoms with Gasteiger partial charge in [0.1, 0.15) is 0 Å². The summed E-state index contributed by atoms with van der Waals surface area (Å²) in [7, 11) is -1.86. The van der Waals surface area contributed by atoms with Crippen molar-refractivity contribution in [3.8, 4) is 0 Å². The van der Waals surface area contributed by atoms with E-state index >= 15 is 0 Å². The lowest BCUT2D eigenvalue weighted by atomic mass is 9.83. The van der Waals surface area contributed by atoms with Crippen molar-refractivity contribution in [1.29, 1.82) is 0 Å². The summed E-state index contributed by atoms with van der Waals surface area (Å²) in [5, 5.41) is 3.48. The highest BCUT2D eigenvalue weighted by Gasteiger charge is 2.53. The minimum atomic E-state index is -3.62. The predicted molar refractivity (Wildman–Crippen MR) is 87.8 cm³/mol. The number of hydrogen-bond donors (Lipinski definition) is 1. The molecule has 0 saturated carbocycles. The lowest BCUT2D eigenvalue weighted by molar-refractivity contribution is 0.175. The third-order valence-electron chi connectivity index (χ3n) is 4.88. The van der Waals surface area contributed by atoms with Crippen LogP contribution in [-0.2, 0) is 21.8 Å². The van der Waals surface area contributed by atoms with Crippen LogP contribution in [0.2, 0.25) is 0 Å². The van der Waals surface area contributed by atoms with Gasteiger partial charge in [0.2, 0.25) is 0 Å². The van der Waals surface area contributed by atoms with Crippen LogP contribution in [0.3, 0.4) is 0 Å². The molecule has 1 aromatic carbocycles. The largest absolute Gasteiger partial charge is 0.364 e. The molecule has 1 N–H and O–H groups in total. The van der Waals surface area contributed by atoms with Gasteiger partial charge < -0.3 is 9.30 Å². The van der Waals surface area contributed by atoms with Crippen LogP contribution in [-0.4, -0.2) is 54.2 Å². The second-order valence-electron chi connectivity index (χ2n) is 6.46. The summed E-state index contributed by atoms with van der Waals surface area (Å²) in [6.45, 7) is 1.74. The predicted octanol–water partition coefficient (Wildman–Crippen LogP) is 0.524. The number of aryl methyl sites for hydroxylation is 1. The summed E-state index contributed by atoms with van der Waals surface area (Å²) >= 11 is 0. The normalized spacial score (nSPS) is 28.0. The fourth-order valence-electron chi connectivity index (χ4n) is 3.62. The zero-order valence-electron chi connectivity index (χ0n) is 13.4. The van der Waals surface area contributed by atoms with Crippen LogP contribution in [0.4, 0.5) is 0 Å². The lowest BCUT2D eigenvalue weighted by Crippen LogP contribution is -2.49. The number of benzene rings is 1. The van der Waals surface area contributed by atoms with Crippen molar-refractivity contribution in [2.45, 2.75) is 16.5 Å². The van der Waals surface area contributed by atoms with Crippen LogP contribution in [0.1, 0.15) is 11.5 Å². The topological polar surface area (TPSA) is 76.5 Å². The summed E-state index contributed by atoms with van der Waals surface area (Å²) in [5.41, 5.74) is 0.734. The van der Waals surface area contributed by atoms with Gasteiger partial charge in [0.25, 0.3) is 10.0 Å². The summed E-state index contributed by atoms with van der Waals surface area (Å²) < 4.78 is 34.6. The molecule has 24 heavy (non-hydrogen) atoms. The smallest absolute Gasteiger partial charge is 0.262 e. The SMILES string of the molecule is Cn1cnc(S(=O)(=O)N2CC(c3ccccc3)C3(COCN3)C2)c1.